The average Bonchev–Trinajstić information content (AvgIpc) is 2.79. The maximum atomic E-state index is 12.3. The summed E-state index contributed by atoms with van der Waals surface area (Å²) < 4.78 is 10.8. The van der Waals surface area contributed by atoms with Gasteiger partial charge in [0.1, 0.15) is 11.8 Å². The molecule has 0 spiro atoms. The van der Waals surface area contributed by atoms with E-state index in [2.05, 4.69) is 5.32 Å². The third-order valence-electron chi connectivity index (χ3n) is 4.54. The van der Waals surface area contributed by atoms with E-state index in [1.54, 1.807) is 30.3 Å². The van der Waals surface area contributed by atoms with E-state index < -0.39 is 18.0 Å². The molecular weight excluding hydrogens is 392 g/mol. The Kier molecular flexibility index (Phi) is 7.39. The number of nitrogens with one attached hydrogen (secondary N) is 1. The number of ether oxygens (including phenoxy) is 2. The van der Waals surface area contributed by atoms with Crippen molar-refractivity contribution in [2.75, 3.05) is 11.9 Å². The van der Waals surface area contributed by atoms with Crippen molar-refractivity contribution in [3.63, 3.8) is 0 Å². The van der Waals surface area contributed by atoms with Crippen LogP contribution in [0.2, 0.25) is 0 Å². The monoisotopic (exact) mass is 414 g/mol. The largest absolute Gasteiger partial charge is 0.482 e. The third kappa shape index (κ3) is 6.18. The molecule has 0 heterocycles. The molecule has 0 aliphatic rings. The first-order valence-corrected chi connectivity index (χ1v) is 9.81. The van der Waals surface area contributed by atoms with E-state index in [1.165, 1.54) is 6.92 Å². The van der Waals surface area contributed by atoms with Crippen LogP contribution in [0.5, 0.6) is 5.75 Å². The number of hydrogen-bond acceptors (Lipinski definition) is 5. The number of rotatable bonds is 8. The van der Waals surface area contributed by atoms with Crippen LogP contribution in [0.25, 0.3) is 0 Å². The molecule has 3 aromatic carbocycles. The van der Waals surface area contributed by atoms with Gasteiger partial charge in [-0.25, -0.2) is 4.79 Å². The highest BCUT2D eigenvalue weighted by molar-refractivity contribution is 5.96. The first-order valence-electron chi connectivity index (χ1n) is 9.81. The summed E-state index contributed by atoms with van der Waals surface area (Å²) in [5.74, 6) is -0.602. The normalized spacial score (nSPS) is 11.1. The van der Waals surface area contributed by atoms with E-state index >= 15 is 0 Å². The summed E-state index contributed by atoms with van der Waals surface area (Å²) in [6, 6.07) is 26.0. The molecule has 1 N–H and O–H groups in total. The second-order valence-corrected chi connectivity index (χ2v) is 6.84. The molecule has 0 bridgehead atoms. The minimum atomic E-state index is -1.04. The van der Waals surface area contributed by atoms with Crippen molar-refractivity contribution >= 4 is 17.6 Å². The van der Waals surface area contributed by atoms with Gasteiger partial charge in [-0.3, -0.25) is 4.79 Å². The SMILES string of the molecule is C[C@@H](OC(=O)COc1ccccc1Cc1ccccc1)C(=O)Nc1ccccc1C#N. The standard InChI is InChI=1S/C25H22N2O4/c1-18(25(29)27-22-13-7-5-12-21(22)16-26)31-24(28)17-30-23-14-8-6-11-20(23)15-19-9-3-2-4-10-19/h2-14,18H,15,17H2,1H3,(H,27,29)/t18-/m1/s1. The van der Waals surface area contributed by atoms with Gasteiger partial charge in [-0.2, -0.15) is 5.26 Å². The summed E-state index contributed by atoms with van der Waals surface area (Å²) in [4.78, 5) is 24.5. The summed E-state index contributed by atoms with van der Waals surface area (Å²) in [7, 11) is 0. The van der Waals surface area contributed by atoms with Crippen LogP contribution in [0, 0.1) is 11.3 Å². The van der Waals surface area contributed by atoms with Gasteiger partial charge in [0.2, 0.25) is 0 Å². The van der Waals surface area contributed by atoms with E-state index in [1.807, 2.05) is 54.6 Å². The van der Waals surface area contributed by atoms with Gasteiger partial charge < -0.3 is 14.8 Å². The second kappa shape index (κ2) is 10.6. The second-order valence-electron chi connectivity index (χ2n) is 6.84. The number of hydrogen-bond donors (Lipinski definition) is 1. The Balaban J connectivity index is 1.54. The molecule has 1 amide bonds. The van der Waals surface area contributed by atoms with Crippen molar-refractivity contribution in [1.29, 1.82) is 5.26 Å². The molecule has 0 saturated carbocycles. The van der Waals surface area contributed by atoms with Crippen molar-refractivity contribution in [3.8, 4) is 11.8 Å². The summed E-state index contributed by atoms with van der Waals surface area (Å²) in [6.07, 6.45) is -0.370. The zero-order valence-electron chi connectivity index (χ0n) is 17.1. The van der Waals surface area contributed by atoms with E-state index in [9.17, 15) is 9.59 Å². The van der Waals surface area contributed by atoms with Crippen LogP contribution in [-0.2, 0) is 20.7 Å². The molecule has 156 valence electrons. The van der Waals surface area contributed by atoms with Gasteiger partial charge in [0.15, 0.2) is 12.7 Å². The fraction of sp³-hybridized carbons (Fsp3) is 0.160. The number of nitriles is 1. The Morgan fingerprint density at radius 2 is 1.65 bits per heavy atom. The van der Waals surface area contributed by atoms with E-state index in [0.717, 1.165) is 11.1 Å². The number of anilines is 1. The lowest BCUT2D eigenvalue weighted by Crippen LogP contribution is -2.32. The minimum absolute atomic E-state index is 0.321. The molecule has 0 fully saturated rings. The summed E-state index contributed by atoms with van der Waals surface area (Å²) in [5, 5.41) is 11.7. The van der Waals surface area contributed by atoms with Crippen LogP contribution >= 0.6 is 0 Å². The quantitative estimate of drug-likeness (QED) is 0.561. The number of esters is 1. The highest BCUT2D eigenvalue weighted by Gasteiger charge is 2.19. The third-order valence-corrected chi connectivity index (χ3v) is 4.54. The van der Waals surface area contributed by atoms with Crippen molar-refractivity contribution < 1.29 is 19.1 Å². The fourth-order valence-electron chi connectivity index (χ4n) is 2.95. The lowest BCUT2D eigenvalue weighted by molar-refractivity contribution is -0.155. The molecular formula is C25H22N2O4. The van der Waals surface area contributed by atoms with E-state index in [0.29, 0.717) is 23.4 Å². The van der Waals surface area contributed by atoms with Gasteiger partial charge >= 0.3 is 5.97 Å². The van der Waals surface area contributed by atoms with Crippen molar-refractivity contribution in [2.45, 2.75) is 19.4 Å². The Labute approximate surface area is 181 Å². The maximum Gasteiger partial charge on any atom is 0.344 e. The number of para-hydroxylation sites is 2. The van der Waals surface area contributed by atoms with Crippen LogP contribution < -0.4 is 10.1 Å². The Morgan fingerprint density at radius 3 is 2.42 bits per heavy atom. The molecule has 0 saturated heterocycles. The Bertz CT molecular complexity index is 1090. The van der Waals surface area contributed by atoms with Crippen molar-refractivity contribution in [2.24, 2.45) is 0 Å². The zero-order valence-corrected chi connectivity index (χ0v) is 17.1. The number of amides is 1. The lowest BCUT2D eigenvalue weighted by atomic mass is 10.0. The van der Waals surface area contributed by atoms with Gasteiger partial charge in [0.25, 0.3) is 5.91 Å². The molecule has 6 nitrogen and oxygen atoms in total. The maximum absolute atomic E-state index is 12.3. The topological polar surface area (TPSA) is 88.4 Å². The van der Waals surface area contributed by atoms with Gasteiger partial charge in [-0.05, 0) is 36.2 Å². The predicted molar refractivity (Wildman–Crippen MR) is 117 cm³/mol. The molecule has 1 atom stereocenters. The van der Waals surface area contributed by atoms with Crippen molar-refractivity contribution in [1.82, 2.24) is 0 Å². The zero-order chi connectivity index (χ0) is 22.1. The predicted octanol–water partition coefficient (Wildman–Crippen LogP) is 4.10. The first-order chi connectivity index (χ1) is 15.1. The van der Waals surface area contributed by atoms with Gasteiger partial charge in [0, 0.05) is 6.42 Å². The van der Waals surface area contributed by atoms with Crippen LogP contribution in [0.1, 0.15) is 23.6 Å². The average molecular weight is 414 g/mol. The fourth-order valence-corrected chi connectivity index (χ4v) is 2.95. The molecule has 31 heavy (non-hydrogen) atoms. The van der Waals surface area contributed by atoms with Gasteiger partial charge in [-0.15, -0.1) is 0 Å². The Morgan fingerprint density at radius 1 is 0.968 bits per heavy atom. The molecule has 6 heteroatoms. The Hall–Kier alpha value is -4.11. The molecule has 0 unspecified atom stereocenters. The highest BCUT2D eigenvalue weighted by atomic mass is 16.6. The van der Waals surface area contributed by atoms with E-state index in [4.69, 9.17) is 14.7 Å². The molecule has 0 radical (unpaired) electrons. The lowest BCUT2D eigenvalue weighted by Gasteiger charge is -2.15. The highest BCUT2D eigenvalue weighted by Crippen LogP contribution is 2.21. The molecule has 3 rings (SSSR count). The summed E-state index contributed by atoms with van der Waals surface area (Å²) >= 11 is 0. The molecule has 3 aromatic rings. The smallest absolute Gasteiger partial charge is 0.344 e. The molecule has 0 aromatic heterocycles. The van der Waals surface area contributed by atoms with Crippen LogP contribution in [0.15, 0.2) is 78.9 Å². The van der Waals surface area contributed by atoms with E-state index in [-0.39, 0.29) is 6.61 Å². The summed E-state index contributed by atoms with van der Waals surface area (Å²) in [6.45, 7) is 1.14. The van der Waals surface area contributed by atoms with Crippen molar-refractivity contribution in [3.05, 3.63) is 95.6 Å². The van der Waals surface area contributed by atoms with Crippen LogP contribution in [0.4, 0.5) is 5.69 Å². The van der Waals surface area contributed by atoms with Gasteiger partial charge in [0.05, 0.1) is 11.3 Å². The molecule has 0 aliphatic carbocycles. The number of nitrogens with zero attached hydrogens (tertiary/aromatic N) is 1. The number of benzene rings is 3. The summed E-state index contributed by atoms with van der Waals surface area (Å²) in [5.41, 5.74) is 2.76. The van der Waals surface area contributed by atoms with Crippen LogP contribution in [-0.4, -0.2) is 24.6 Å². The van der Waals surface area contributed by atoms with Gasteiger partial charge in [-0.1, -0.05) is 60.7 Å². The van der Waals surface area contributed by atoms with Crippen LogP contribution in [0.3, 0.4) is 0 Å². The minimum Gasteiger partial charge on any atom is -0.482 e. The molecule has 0 aliphatic heterocycles. The number of carbonyl (C=O) groups excluding carboxylic acids is 2. The number of carbonyl (C=O) groups is 2. The first kappa shape index (κ1) is 21.6.